The van der Waals surface area contributed by atoms with E-state index in [0.717, 1.165) is 4.90 Å². The van der Waals surface area contributed by atoms with Crippen LogP contribution in [-0.4, -0.2) is 236 Å². The molecule has 104 heavy (non-hydrogen) atoms. The molecule has 1 fully saturated rings. The molecular weight excluding hydrogens is 1380 g/mol. The summed E-state index contributed by atoms with van der Waals surface area (Å²) in [5, 5.41) is 26.0. The van der Waals surface area contributed by atoms with Crippen molar-refractivity contribution in [2.45, 2.75) is 190 Å². The Kier molecular flexibility index (Phi) is 44.9. The monoisotopic (exact) mass is 1490 g/mol. The summed E-state index contributed by atoms with van der Waals surface area (Å²) in [4.78, 5) is 205. The first-order valence-electron chi connectivity index (χ1n) is 33.9. The van der Waals surface area contributed by atoms with Crippen LogP contribution in [0.3, 0.4) is 0 Å². The summed E-state index contributed by atoms with van der Waals surface area (Å²) >= 11 is 4.09. The highest BCUT2D eigenvalue weighted by molar-refractivity contribution is 7.80. The standard InChI is InChI=1S/C59H111N31O13S/c1-32-46(96)84-35(14-7-24-77-56(66)67)51(101)88-39(17-10-27-80-59(72)73)53(103)90(29-11-28-74-42(92)18-3-2-4-19-43(93)82-33(12-5-22-75-54(62)63)48(98)87-38(47(97)81-32)20-21-41(60)91)30-44(94)83-34(13-6-23-76-55(64)65)49(99)85-36(15-8-25-78-57(68)69)50(100)86-37(16-9-26-79-58(70)71)52(102)89-40(31-104)45(61)95/h32-40,104H,2-31H2,1H3,(H2,60,91)(H2,61,95)(H,74,92)(H,81,97)(H,82,93)(H,83,94)(H,84,96)(H,85,99)(H,86,100)(H,87,98)(H,88,101)(H,89,102)(H4,62,63,75)(H4,64,65,76)(H4,66,67,77)(H4,68,69,78)(H4,70,71,79)(H4,72,73,80)/t32-,33-,34-,35-,36-,37-,38-,39-,40-/m0/s1. The molecule has 0 spiro atoms. The molecule has 0 aromatic heterocycles. The maximum Gasteiger partial charge on any atom is 0.245 e. The minimum Gasteiger partial charge on any atom is -0.370 e. The number of amides is 13. The summed E-state index contributed by atoms with van der Waals surface area (Å²) in [5.74, 6) is -13.0. The van der Waals surface area contributed by atoms with Gasteiger partial charge in [0.1, 0.15) is 54.4 Å². The second-order valence-electron chi connectivity index (χ2n) is 24.1. The van der Waals surface area contributed by atoms with Crippen molar-refractivity contribution in [1.29, 1.82) is 0 Å². The van der Waals surface area contributed by atoms with Gasteiger partial charge in [-0.1, -0.05) is 6.42 Å². The highest BCUT2D eigenvalue weighted by Crippen LogP contribution is 2.13. The van der Waals surface area contributed by atoms with Crippen molar-refractivity contribution in [3.63, 3.8) is 0 Å². The Balaban J connectivity index is 4.11. The van der Waals surface area contributed by atoms with Crippen LogP contribution in [0.1, 0.15) is 135 Å². The van der Waals surface area contributed by atoms with Crippen molar-refractivity contribution in [2.24, 2.45) is 110 Å². The minimum absolute atomic E-state index is 0.0112. The third-order valence-electron chi connectivity index (χ3n) is 15.3. The number of carbonyl (C=O) groups excluding carboxylic acids is 13. The minimum atomic E-state index is -1.56. The summed E-state index contributed by atoms with van der Waals surface area (Å²) in [6.45, 7) is -0.154. The van der Waals surface area contributed by atoms with Crippen LogP contribution in [-0.2, 0) is 62.3 Å². The number of guanidine groups is 6. The normalized spacial score (nSPS) is 18.8. The average molecular weight is 1490 g/mol. The van der Waals surface area contributed by atoms with E-state index in [1.165, 1.54) is 6.92 Å². The molecule has 0 radical (unpaired) electrons. The quantitative estimate of drug-likeness (QED) is 0.0118. The van der Waals surface area contributed by atoms with Crippen molar-refractivity contribution in [3.05, 3.63) is 0 Å². The Hall–Kier alpha value is -10.9. The van der Waals surface area contributed by atoms with Crippen LogP contribution in [0.4, 0.5) is 0 Å². The lowest BCUT2D eigenvalue weighted by Gasteiger charge is -2.30. The van der Waals surface area contributed by atoms with Gasteiger partial charge in [-0.15, -0.1) is 0 Å². The lowest BCUT2D eigenvalue weighted by molar-refractivity contribution is -0.141. The molecule has 1 aliphatic heterocycles. The molecule has 1 saturated heterocycles. The zero-order valence-corrected chi connectivity index (χ0v) is 59.8. The summed E-state index contributed by atoms with van der Waals surface area (Å²) in [6, 6.07) is -13.0. The zero-order chi connectivity index (χ0) is 78.3. The molecule has 1 rings (SSSR count). The topological polar surface area (TPSA) is 784 Å². The van der Waals surface area contributed by atoms with E-state index in [1.807, 2.05) is 0 Å². The molecule has 0 aromatic rings. The number of hydrogen-bond donors (Lipinski definition) is 25. The smallest absolute Gasteiger partial charge is 0.245 e. The number of nitrogens with two attached hydrogens (primary N) is 14. The third kappa shape index (κ3) is 41.7. The number of aliphatic imine (C=N–C) groups is 6. The van der Waals surface area contributed by atoms with Crippen LogP contribution >= 0.6 is 12.6 Å². The zero-order valence-electron chi connectivity index (χ0n) is 58.9. The second kappa shape index (κ2) is 51.3. The number of nitrogens with zero attached hydrogens (tertiary/aromatic N) is 7. The Labute approximate surface area is 608 Å². The van der Waals surface area contributed by atoms with Gasteiger partial charge in [-0.2, -0.15) is 12.6 Å². The Morgan fingerprint density at radius 2 is 0.808 bits per heavy atom. The predicted octanol–water partition coefficient (Wildman–Crippen LogP) is -11.3. The Bertz CT molecular complexity index is 3020. The van der Waals surface area contributed by atoms with Crippen LogP contribution < -0.4 is 133 Å². The number of thiol groups is 1. The fourth-order valence-corrected chi connectivity index (χ4v) is 10.2. The molecule has 1 aliphatic rings. The van der Waals surface area contributed by atoms with Gasteiger partial charge < -0.3 is 138 Å². The predicted molar refractivity (Wildman–Crippen MR) is 391 cm³/mol. The molecule has 0 saturated carbocycles. The SMILES string of the molecule is C[C@@H]1NC(=O)[C@H](CCC(N)=O)NC(=O)[C@H](CCCN=C(N)N)NC(=O)CCCCCC(=O)NCCCN(CC(=O)N[C@@H](CCCN=C(N)N)C(=O)N[C@@H](CCCN=C(N)N)C(=O)N[C@@H](CCCN=C(N)N)C(=O)N[C@@H](CS)C(N)=O)C(=O)[C@H](CCCN=C(N)N)NC(=O)[C@H](CCCN=C(N)N)NC1=O. The van der Waals surface area contributed by atoms with Crippen LogP contribution in [0.15, 0.2) is 30.0 Å². The van der Waals surface area contributed by atoms with Gasteiger partial charge in [-0.3, -0.25) is 92.3 Å². The van der Waals surface area contributed by atoms with Crippen molar-refractivity contribution < 1.29 is 62.3 Å². The van der Waals surface area contributed by atoms with Gasteiger partial charge in [0, 0.05) is 77.4 Å². The molecule has 586 valence electrons. The molecule has 0 aromatic carbocycles. The van der Waals surface area contributed by atoms with Gasteiger partial charge in [-0.05, 0) is 110 Å². The van der Waals surface area contributed by atoms with E-state index in [2.05, 4.69) is 95.8 Å². The number of carbonyl (C=O) groups is 13. The molecular formula is C59H111N31O13S. The van der Waals surface area contributed by atoms with Crippen molar-refractivity contribution >= 4 is 125 Å². The number of nitrogens with one attached hydrogen (secondary N) is 10. The molecule has 0 aliphatic carbocycles. The van der Waals surface area contributed by atoms with Gasteiger partial charge in [0.05, 0.1) is 6.54 Å². The first kappa shape index (κ1) is 91.1. The van der Waals surface area contributed by atoms with E-state index >= 15 is 4.79 Å². The van der Waals surface area contributed by atoms with Crippen molar-refractivity contribution in [2.75, 3.05) is 64.7 Å². The number of hydrogen-bond acceptors (Lipinski definition) is 20. The highest BCUT2D eigenvalue weighted by atomic mass is 32.1. The maximum atomic E-state index is 15.2. The molecule has 13 amide bonds. The average Bonchev–Trinajstić information content (AvgIpc) is 0.869. The van der Waals surface area contributed by atoms with E-state index in [1.54, 1.807) is 0 Å². The highest BCUT2D eigenvalue weighted by Gasteiger charge is 2.36. The Morgan fingerprint density at radius 3 is 1.23 bits per heavy atom. The maximum absolute atomic E-state index is 15.2. The summed E-state index contributed by atoms with van der Waals surface area (Å²) in [6.07, 6.45) is -0.507. The molecule has 0 unspecified atom stereocenters. The van der Waals surface area contributed by atoms with Gasteiger partial charge in [0.15, 0.2) is 35.8 Å². The van der Waals surface area contributed by atoms with Crippen molar-refractivity contribution in [1.82, 2.24) is 58.1 Å². The van der Waals surface area contributed by atoms with Crippen molar-refractivity contribution in [3.8, 4) is 0 Å². The largest absolute Gasteiger partial charge is 0.370 e. The van der Waals surface area contributed by atoms with Gasteiger partial charge >= 0.3 is 0 Å². The number of rotatable bonds is 38. The van der Waals surface area contributed by atoms with Crippen LogP contribution in [0.5, 0.6) is 0 Å². The van der Waals surface area contributed by atoms with Gasteiger partial charge in [0.2, 0.25) is 76.8 Å². The van der Waals surface area contributed by atoms with Gasteiger partial charge in [0.25, 0.3) is 0 Å². The first-order chi connectivity index (χ1) is 49.1. The lowest BCUT2D eigenvalue weighted by Crippen LogP contribution is -2.59. The molecule has 45 heteroatoms. The van der Waals surface area contributed by atoms with Crippen LogP contribution in [0, 0.1) is 0 Å². The molecule has 0 bridgehead atoms. The van der Waals surface area contributed by atoms with Crippen LogP contribution in [0.25, 0.3) is 0 Å². The van der Waals surface area contributed by atoms with Gasteiger partial charge in [-0.25, -0.2) is 0 Å². The summed E-state index contributed by atoms with van der Waals surface area (Å²) in [7, 11) is 0. The molecule has 1 heterocycles. The molecule has 38 N–H and O–H groups in total. The van der Waals surface area contributed by atoms with E-state index in [0.29, 0.717) is 12.8 Å². The van der Waals surface area contributed by atoms with E-state index in [9.17, 15) is 57.5 Å². The molecule has 44 nitrogen and oxygen atoms in total. The summed E-state index contributed by atoms with van der Waals surface area (Å²) < 4.78 is 0. The van der Waals surface area contributed by atoms with Crippen LogP contribution in [0.2, 0.25) is 0 Å². The first-order valence-corrected chi connectivity index (χ1v) is 34.5. The second-order valence-corrected chi connectivity index (χ2v) is 24.5. The number of primary amides is 2. The van der Waals surface area contributed by atoms with E-state index in [4.69, 9.17) is 80.3 Å². The Morgan fingerprint density at radius 1 is 0.442 bits per heavy atom. The fraction of sp³-hybridized carbons (Fsp3) is 0.678. The summed E-state index contributed by atoms with van der Waals surface area (Å²) in [5.41, 5.74) is 77.5. The van der Waals surface area contributed by atoms with E-state index < -0.39 is 144 Å². The van der Waals surface area contributed by atoms with E-state index in [-0.39, 0.29) is 203 Å². The lowest BCUT2D eigenvalue weighted by atomic mass is 10.0. The molecule has 9 atom stereocenters. The third-order valence-corrected chi connectivity index (χ3v) is 15.6. The fourth-order valence-electron chi connectivity index (χ4n) is 9.92.